The first-order chi connectivity index (χ1) is 19.8. The van der Waals surface area contributed by atoms with Gasteiger partial charge in [-0.1, -0.05) is 30.3 Å². The van der Waals surface area contributed by atoms with Crippen molar-refractivity contribution in [1.29, 1.82) is 0 Å². The number of rotatable bonds is 8. The Morgan fingerprint density at radius 1 is 1.05 bits per heavy atom. The van der Waals surface area contributed by atoms with Gasteiger partial charge in [-0.2, -0.15) is 13.2 Å². The van der Waals surface area contributed by atoms with Crippen LogP contribution in [0.3, 0.4) is 0 Å². The number of H-pyrrole nitrogens is 1. The summed E-state index contributed by atoms with van der Waals surface area (Å²) in [6.07, 6.45) is -3.05. The zero-order chi connectivity index (χ0) is 30.8. The Balaban J connectivity index is 1.62. The lowest BCUT2D eigenvalue weighted by atomic mass is 9.89. The number of hydrogen-bond acceptors (Lipinski definition) is 4. The highest BCUT2D eigenvalue weighted by Gasteiger charge is 2.37. The number of carbonyl (C=O) groups excluding carboxylic acids is 1. The highest BCUT2D eigenvalue weighted by atomic mass is 19.4. The number of aromatic amines is 1. The molecule has 2 atom stereocenters. The zero-order valence-electron chi connectivity index (χ0n) is 25.2. The van der Waals surface area contributed by atoms with Crippen LogP contribution in [0.2, 0.25) is 0 Å². The van der Waals surface area contributed by atoms with E-state index in [-0.39, 0.29) is 35.8 Å². The zero-order valence-corrected chi connectivity index (χ0v) is 25.2. The van der Waals surface area contributed by atoms with Gasteiger partial charge in [-0.25, -0.2) is 0 Å². The van der Waals surface area contributed by atoms with Gasteiger partial charge in [0, 0.05) is 60.3 Å². The summed E-state index contributed by atoms with van der Waals surface area (Å²) in [6, 6.07) is 14.6. The van der Waals surface area contributed by atoms with Crippen molar-refractivity contribution in [2.75, 3.05) is 11.4 Å². The van der Waals surface area contributed by atoms with Crippen molar-refractivity contribution in [3.63, 3.8) is 0 Å². The number of benzene rings is 2. The van der Waals surface area contributed by atoms with E-state index in [9.17, 15) is 22.8 Å². The third kappa shape index (κ3) is 6.89. The fourth-order valence-electron chi connectivity index (χ4n) is 6.34. The molecule has 0 aliphatic carbocycles. The number of hydrogen-bond donors (Lipinski definition) is 2. The molecular formula is C33H41F3N4O2. The molecule has 1 aliphatic heterocycles. The lowest BCUT2D eigenvalue weighted by molar-refractivity contribution is -0.137. The summed E-state index contributed by atoms with van der Waals surface area (Å²) in [5.74, 6) is -0.644. The molecule has 226 valence electrons. The molecule has 1 fully saturated rings. The van der Waals surface area contributed by atoms with Crippen LogP contribution in [0.5, 0.6) is 0 Å². The lowest BCUT2D eigenvalue weighted by Crippen LogP contribution is -2.53. The Bertz CT molecular complexity index is 1460. The van der Waals surface area contributed by atoms with E-state index < -0.39 is 17.6 Å². The van der Waals surface area contributed by atoms with Crippen molar-refractivity contribution >= 4 is 11.6 Å². The quantitative estimate of drug-likeness (QED) is 0.318. The first-order valence-corrected chi connectivity index (χ1v) is 14.6. The fourth-order valence-corrected chi connectivity index (χ4v) is 6.34. The van der Waals surface area contributed by atoms with Crippen LogP contribution in [0.15, 0.2) is 53.3 Å². The summed E-state index contributed by atoms with van der Waals surface area (Å²) in [4.78, 5) is 33.0. The van der Waals surface area contributed by atoms with Gasteiger partial charge >= 0.3 is 6.18 Å². The molecule has 1 amide bonds. The van der Waals surface area contributed by atoms with Crippen molar-refractivity contribution < 1.29 is 18.0 Å². The topological polar surface area (TPSA) is 68.4 Å². The number of aryl methyl sites for hydroxylation is 2. The summed E-state index contributed by atoms with van der Waals surface area (Å²) >= 11 is 0. The second kappa shape index (κ2) is 12.7. The molecule has 4 rings (SSSR count). The standard InChI is InChI=1S/C33H41F3N4O2/c1-7-39(27-14-22(4)40(23(5)15-27)19-25-11-9-8-10-12-25)30-17-26(33(34,35)36)16-28(24(30)6)31(41)37-18-29-20(2)13-21(3)38-32(29)42/h8-13,16-17,22-23,27H,7,14-15,18-19H2,1-6H3,(H,37,41)(H,38,42). The molecule has 0 spiro atoms. The smallest absolute Gasteiger partial charge is 0.368 e. The Kier molecular flexibility index (Phi) is 9.50. The van der Waals surface area contributed by atoms with Gasteiger partial charge in [0.25, 0.3) is 11.5 Å². The Labute approximate surface area is 245 Å². The maximum atomic E-state index is 14.1. The molecule has 2 aromatic carbocycles. The van der Waals surface area contributed by atoms with Crippen molar-refractivity contribution in [3.05, 3.63) is 98.0 Å². The summed E-state index contributed by atoms with van der Waals surface area (Å²) < 4.78 is 42.4. The van der Waals surface area contributed by atoms with E-state index in [1.165, 1.54) is 11.6 Å². The number of alkyl halides is 3. The van der Waals surface area contributed by atoms with Crippen LogP contribution < -0.4 is 15.8 Å². The molecule has 42 heavy (non-hydrogen) atoms. The fraction of sp³-hybridized carbons (Fsp3) is 0.455. The molecule has 0 saturated carbocycles. The molecule has 2 N–H and O–H groups in total. The van der Waals surface area contributed by atoms with Crippen LogP contribution in [0.25, 0.3) is 0 Å². The predicted molar refractivity (Wildman–Crippen MR) is 161 cm³/mol. The maximum Gasteiger partial charge on any atom is 0.416 e. The molecule has 1 aliphatic rings. The number of anilines is 1. The molecule has 6 nitrogen and oxygen atoms in total. The minimum Gasteiger partial charge on any atom is -0.368 e. The maximum absolute atomic E-state index is 14.1. The van der Waals surface area contributed by atoms with Gasteiger partial charge in [0.1, 0.15) is 0 Å². The van der Waals surface area contributed by atoms with Crippen molar-refractivity contribution in [2.24, 2.45) is 0 Å². The van der Waals surface area contributed by atoms with Gasteiger partial charge in [-0.15, -0.1) is 0 Å². The molecule has 2 heterocycles. The van der Waals surface area contributed by atoms with E-state index in [0.29, 0.717) is 34.6 Å². The van der Waals surface area contributed by atoms with Gasteiger partial charge in [0.15, 0.2) is 0 Å². The average molecular weight is 583 g/mol. The molecule has 9 heteroatoms. The minimum absolute atomic E-state index is 0.0129. The lowest BCUT2D eigenvalue weighted by Gasteiger charge is -2.47. The van der Waals surface area contributed by atoms with Crippen LogP contribution in [-0.4, -0.2) is 40.5 Å². The number of aromatic nitrogens is 1. The minimum atomic E-state index is -4.62. The number of nitrogens with zero attached hydrogens (tertiary/aromatic N) is 2. The monoisotopic (exact) mass is 582 g/mol. The van der Waals surface area contributed by atoms with Crippen molar-refractivity contribution in [1.82, 2.24) is 15.2 Å². The van der Waals surface area contributed by atoms with Crippen LogP contribution in [-0.2, 0) is 19.3 Å². The number of carbonyl (C=O) groups is 1. The highest BCUT2D eigenvalue weighted by molar-refractivity contribution is 5.97. The molecular weight excluding hydrogens is 541 g/mol. The molecule has 2 unspecified atom stereocenters. The molecule has 0 radical (unpaired) electrons. The molecule has 1 aromatic heterocycles. The number of amides is 1. The van der Waals surface area contributed by atoms with E-state index in [2.05, 4.69) is 41.2 Å². The Morgan fingerprint density at radius 2 is 1.69 bits per heavy atom. The van der Waals surface area contributed by atoms with Crippen LogP contribution >= 0.6 is 0 Å². The first-order valence-electron chi connectivity index (χ1n) is 14.6. The van der Waals surface area contributed by atoms with E-state index in [0.717, 1.165) is 25.5 Å². The van der Waals surface area contributed by atoms with Crippen LogP contribution in [0, 0.1) is 20.8 Å². The SMILES string of the molecule is CCN(c1cc(C(F)(F)F)cc(C(=O)NCc2c(C)cc(C)[nH]c2=O)c1C)C1CC(C)N(Cc2ccccc2)C(C)C1. The summed E-state index contributed by atoms with van der Waals surface area (Å²) in [7, 11) is 0. The van der Waals surface area contributed by atoms with Gasteiger partial charge in [-0.05, 0) is 89.3 Å². The van der Waals surface area contributed by atoms with E-state index in [1.54, 1.807) is 26.8 Å². The number of pyridine rings is 1. The first kappa shape index (κ1) is 31.3. The number of nitrogens with one attached hydrogen (secondary N) is 2. The summed E-state index contributed by atoms with van der Waals surface area (Å²) in [5.41, 5.74) is 2.69. The Morgan fingerprint density at radius 3 is 2.26 bits per heavy atom. The average Bonchev–Trinajstić information content (AvgIpc) is 2.91. The molecule has 1 saturated heterocycles. The summed E-state index contributed by atoms with van der Waals surface area (Å²) in [6.45, 7) is 12.8. The third-order valence-electron chi connectivity index (χ3n) is 8.53. The second-order valence-corrected chi connectivity index (χ2v) is 11.6. The normalized spacial score (nSPS) is 19.5. The third-order valence-corrected chi connectivity index (χ3v) is 8.53. The van der Waals surface area contributed by atoms with Crippen LogP contribution in [0.4, 0.5) is 18.9 Å². The Hall–Kier alpha value is -3.59. The largest absolute Gasteiger partial charge is 0.416 e. The van der Waals surface area contributed by atoms with Gasteiger partial charge < -0.3 is 15.2 Å². The van der Waals surface area contributed by atoms with Gasteiger partial charge in [0.2, 0.25) is 0 Å². The van der Waals surface area contributed by atoms with Crippen LogP contribution in [0.1, 0.15) is 77.5 Å². The number of halogens is 3. The second-order valence-electron chi connectivity index (χ2n) is 11.6. The van der Waals surface area contributed by atoms with Crippen molar-refractivity contribution in [3.8, 4) is 0 Å². The van der Waals surface area contributed by atoms with Gasteiger partial charge in [0.05, 0.1) is 5.56 Å². The van der Waals surface area contributed by atoms with E-state index in [4.69, 9.17) is 0 Å². The predicted octanol–water partition coefficient (Wildman–Crippen LogP) is 6.52. The van der Waals surface area contributed by atoms with E-state index >= 15 is 0 Å². The van der Waals surface area contributed by atoms with E-state index in [1.807, 2.05) is 30.0 Å². The highest BCUT2D eigenvalue weighted by Crippen LogP contribution is 2.38. The number of piperidine rings is 1. The summed E-state index contributed by atoms with van der Waals surface area (Å²) in [5, 5.41) is 2.69. The number of likely N-dealkylation sites (tertiary alicyclic amines) is 1. The van der Waals surface area contributed by atoms with Crippen molar-refractivity contribution in [2.45, 2.75) is 91.8 Å². The van der Waals surface area contributed by atoms with Gasteiger partial charge in [-0.3, -0.25) is 14.5 Å². The molecule has 0 bridgehead atoms. The molecule has 3 aromatic rings.